The summed E-state index contributed by atoms with van der Waals surface area (Å²) in [7, 11) is 0. The van der Waals surface area contributed by atoms with Crippen molar-refractivity contribution in [3.05, 3.63) is 0 Å². The molecule has 2 heterocycles. The highest BCUT2D eigenvalue weighted by Gasteiger charge is 2.19. The van der Waals surface area contributed by atoms with E-state index < -0.39 is 0 Å². The number of likely N-dealkylation sites (tertiary alicyclic amines) is 2. The van der Waals surface area contributed by atoms with Crippen LogP contribution in [0.15, 0.2) is 0 Å². The predicted molar refractivity (Wildman–Crippen MR) is 89.7 cm³/mol. The number of rotatable bonds is 8. The van der Waals surface area contributed by atoms with Gasteiger partial charge in [-0.2, -0.15) is 0 Å². The fourth-order valence-corrected chi connectivity index (χ4v) is 3.86. The van der Waals surface area contributed by atoms with E-state index in [1.54, 1.807) is 0 Å². The number of hydrogen-bond donors (Lipinski definition) is 0. The first kappa shape index (κ1) is 17.2. The smallest absolute Gasteiger partial charge is 0.0594 e. The summed E-state index contributed by atoms with van der Waals surface area (Å²) < 4.78 is 5.89. The van der Waals surface area contributed by atoms with Crippen molar-refractivity contribution in [2.75, 3.05) is 52.5 Å². The monoisotopic (exact) mass is 296 g/mol. The quantitative estimate of drug-likeness (QED) is 0.640. The lowest BCUT2D eigenvalue weighted by atomic mass is 9.96. The minimum atomic E-state index is 0.918. The van der Waals surface area contributed by atoms with Gasteiger partial charge in [-0.3, -0.25) is 0 Å². The fourth-order valence-electron chi connectivity index (χ4n) is 3.86. The van der Waals surface area contributed by atoms with Crippen LogP contribution in [0.5, 0.6) is 0 Å². The zero-order chi connectivity index (χ0) is 14.9. The number of piperidine rings is 2. The Bertz CT molecular complexity index is 246. The lowest BCUT2D eigenvalue weighted by Gasteiger charge is -2.33. The van der Waals surface area contributed by atoms with Crippen molar-refractivity contribution in [3.8, 4) is 0 Å². The van der Waals surface area contributed by atoms with Crippen molar-refractivity contribution in [1.29, 1.82) is 0 Å². The maximum Gasteiger partial charge on any atom is 0.0594 e. The Morgan fingerprint density at radius 2 is 1.29 bits per heavy atom. The van der Waals surface area contributed by atoms with Gasteiger partial charge < -0.3 is 14.5 Å². The van der Waals surface area contributed by atoms with Crippen LogP contribution < -0.4 is 0 Å². The van der Waals surface area contributed by atoms with E-state index in [1.165, 1.54) is 64.7 Å². The third kappa shape index (κ3) is 6.25. The van der Waals surface area contributed by atoms with E-state index in [2.05, 4.69) is 23.6 Å². The molecule has 124 valence electrons. The molecular weight excluding hydrogens is 260 g/mol. The summed E-state index contributed by atoms with van der Waals surface area (Å²) in [5, 5.41) is 0. The van der Waals surface area contributed by atoms with Crippen LogP contribution in [0.25, 0.3) is 0 Å². The Labute approximate surface area is 132 Å². The average molecular weight is 296 g/mol. The zero-order valence-corrected chi connectivity index (χ0v) is 14.4. The molecule has 2 aliphatic heterocycles. The molecule has 2 atom stereocenters. The molecule has 0 saturated carbocycles. The number of nitrogens with zero attached hydrogens (tertiary/aromatic N) is 2. The molecule has 0 amide bonds. The van der Waals surface area contributed by atoms with Crippen LogP contribution in [-0.2, 0) is 4.74 Å². The molecule has 3 nitrogen and oxygen atoms in total. The molecule has 2 aliphatic rings. The minimum Gasteiger partial charge on any atom is -0.379 e. The summed E-state index contributed by atoms with van der Waals surface area (Å²) in [6.45, 7) is 13.9. The Morgan fingerprint density at radius 3 is 1.71 bits per heavy atom. The third-order valence-corrected chi connectivity index (χ3v) is 5.46. The van der Waals surface area contributed by atoms with E-state index in [4.69, 9.17) is 4.74 Å². The summed E-state index contributed by atoms with van der Waals surface area (Å²) in [6, 6.07) is 0. The molecule has 0 N–H and O–H groups in total. The molecule has 0 aromatic carbocycles. The molecule has 21 heavy (non-hydrogen) atoms. The highest BCUT2D eigenvalue weighted by molar-refractivity contribution is 4.73. The number of hydrogen-bond acceptors (Lipinski definition) is 3. The summed E-state index contributed by atoms with van der Waals surface area (Å²) in [5.74, 6) is 1.86. The van der Waals surface area contributed by atoms with Crippen molar-refractivity contribution >= 4 is 0 Å². The van der Waals surface area contributed by atoms with Gasteiger partial charge in [0.05, 0.1) is 13.2 Å². The first-order valence-electron chi connectivity index (χ1n) is 9.34. The van der Waals surface area contributed by atoms with Gasteiger partial charge >= 0.3 is 0 Å². The second-order valence-electron chi connectivity index (χ2n) is 7.05. The molecule has 0 aromatic heterocycles. The second kappa shape index (κ2) is 9.81. The molecule has 0 spiro atoms. The van der Waals surface area contributed by atoms with E-state index in [1.807, 2.05) is 0 Å². The van der Waals surface area contributed by atoms with E-state index in [-0.39, 0.29) is 0 Å². The minimum absolute atomic E-state index is 0.918. The van der Waals surface area contributed by atoms with Gasteiger partial charge in [-0.05, 0) is 50.6 Å². The van der Waals surface area contributed by atoms with E-state index >= 15 is 0 Å². The molecule has 2 unspecified atom stereocenters. The van der Waals surface area contributed by atoms with Crippen LogP contribution in [0, 0.1) is 11.8 Å². The highest BCUT2D eigenvalue weighted by Crippen LogP contribution is 2.19. The van der Waals surface area contributed by atoms with Crippen molar-refractivity contribution < 1.29 is 4.74 Å². The Kier molecular flexibility index (Phi) is 8.05. The lowest BCUT2D eigenvalue weighted by molar-refractivity contribution is 0.0602. The summed E-state index contributed by atoms with van der Waals surface area (Å²) in [4.78, 5) is 5.21. The van der Waals surface area contributed by atoms with Crippen molar-refractivity contribution in [2.45, 2.75) is 52.4 Å². The van der Waals surface area contributed by atoms with Gasteiger partial charge in [0.25, 0.3) is 0 Å². The van der Waals surface area contributed by atoms with Crippen LogP contribution in [0.4, 0.5) is 0 Å². The zero-order valence-electron chi connectivity index (χ0n) is 14.4. The molecule has 2 rings (SSSR count). The Morgan fingerprint density at radius 1 is 0.810 bits per heavy atom. The standard InChI is InChI=1S/C18H36N2O/c1-3-17-7-5-9-19(15-17)11-13-21-14-12-20-10-6-8-18(4-2)16-20/h17-18H,3-16H2,1-2H3. The molecule has 2 fully saturated rings. The SMILES string of the molecule is CCC1CCCN(CCOCCN2CCCC(CC)C2)C1. The molecule has 0 radical (unpaired) electrons. The van der Waals surface area contributed by atoms with Crippen molar-refractivity contribution in [3.63, 3.8) is 0 Å². The molecule has 0 aromatic rings. The molecule has 2 saturated heterocycles. The van der Waals surface area contributed by atoms with Crippen molar-refractivity contribution in [1.82, 2.24) is 9.80 Å². The summed E-state index contributed by atoms with van der Waals surface area (Å²) in [6.07, 6.45) is 8.30. The summed E-state index contributed by atoms with van der Waals surface area (Å²) in [5.41, 5.74) is 0. The molecular formula is C18H36N2O. The third-order valence-electron chi connectivity index (χ3n) is 5.46. The average Bonchev–Trinajstić information content (AvgIpc) is 2.55. The number of ether oxygens (including phenoxy) is 1. The first-order chi connectivity index (χ1) is 10.3. The van der Waals surface area contributed by atoms with Crippen LogP contribution >= 0.6 is 0 Å². The fraction of sp³-hybridized carbons (Fsp3) is 1.00. The maximum absolute atomic E-state index is 5.89. The van der Waals surface area contributed by atoms with Crippen LogP contribution in [0.1, 0.15) is 52.4 Å². The largest absolute Gasteiger partial charge is 0.379 e. The van der Waals surface area contributed by atoms with Gasteiger partial charge in [-0.15, -0.1) is 0 Å². The summed E-state index contributed by atoms with van der Waals surface area (Å²) >= 11 is 0. The Balaban J connectivity index is 1.50. The van der Waals surface area contributed by atoms with Gasteiger partial charge in [0, 0.05) is 26.2 Å². The molecule has 3 heteroatoms. The normalized spacial score (nSPS) is 28.9. The Hall–Kier alpha value is -0.120. The van der Waals surface area contributed by atoms with E-state index in [0.717, 1.165) is 38.1 Å². The second-order valence-corrected chi connectivity index (χ2v) is 7.05. The van der Waals surface area contributed by atoms with Gasteiger partial charge in [0.15, 0.2) is 0 Å². The maximum atomic E-state index is 5.89. The van der Waals surface area contributed by atoms with Gasteiger partial charge in [-0.25, -0.2) is 0 Å². The predicted octanol–water partition coefficient (Wildman–Crippen LogP) is 3.25. The van der Waals surface area contributed by atoms with Gasteiger partial charge in [0.2, 0.25) is 0 Å². The van der Waals surface area contributed by atoms with Crippen molar-refractivity contribution in [2.24, 2.45) is 11.8 Å². The van der Waals surface area contributed by atoms with Gasteiger partial charge in [-0.1, -0.05) is 26.7 Å². The lowest BCUT2D eigenvalue weighted by Crippen LogP contribution is -2.39. The topological polar surface area (TPSA) is 15.7 Å². The van der Waals surface area contributed by atoms with Crippen LogP contribution in [0.3, 0.4) is 0 Å². The van der Waals surface area contributed by atoms with Crippen LogP contribution in [0.2, 0.25) is 0 Å². The molecule has 0 aliphatic carbocycles. The van der Waals surface area contributed by atoms with E-state index in [0.29, 0.717) is 0 Å². The van der Waals surface area contributed by atoms with Crippen LogP contribution in [-0.4, -0.2) is 62.3 Å². The molecule has 0 bridgehead atoms. The van der Waals surface area contributed by atoms with E-state index in [9.17, 15) is 0 Å². The highest BCUT2D eigenvalue weighted by atomic mass is 16.5. The first-order valence-corrected chi connectivity index (χ1v) is 9.34. The van der Waals surface area contributed by atoms with Gasteiger partial charge in [0.1, 0.15) is 0 Å².